The third kappa shape index (κ3) is 4.61. The predicted octanol–water partition coefficient (Wildman–Crippen LogP) is 3.70. The van der Waals surface area contributed by atoms with Gasteiger partial charge < -0.3 is 14.7 Å². The summed E-state index contributed by atoms with van der Waals surface area (Å²) in [5.74, 6) is -1.51. The molecule has 5 rings (SSSR count). The molecule has 2 saturated heterocycles. The van der Waals surface area contributed by atoms with Crippen LogP contribution in [-0.4, -0.2) is 75.8 Å². The quantitative estimate of drug-likeness (QED) is 0.286. The third-order valence-corrected chi connectivity index (χ3v) is 7.22. The van der Waals surface area contributed by atoms with E-state index in [1.165, 1.54) is 6.20 Å². The van der Waals surface area contributed by atoms with Crippen molar-refractivity contribution in [3.63, 3.8) is 0 Å². The van der Waals surface area contributed by atoms with Crippen molar-refractivity contribution in [3.8, 4) is 5.69 Å². The Bertz CT molecular complexity index is 1310. The summed E-state index contributed by atoms with van der Waals surface area (Å²) in [6.07, 6.45) is 1.54. The number of aliphatic hydroxyl groups excluding tert-OH is 1. The van der Waals surface area contributed by atoms with E-state index in [4.69, 9.17) is 4.74 Å². The van der Waals surface area contributed by atoms with E-state index in [0.717, 1.165) is 28.8 Å². The smallest absolute Gasteiger partial charge is 0.295 e. The van der Waals surface area contributed by atoms with Crippen LogP contribution in [0.3, 0.4) is 0 Å². The summed E-state index contributed by atoms with van der Waals surface area (Å²) in [5, 5.41) is 15.9. The second-order valence-corrected chi connectivity index (χ2v) is 9.81. The molecule has 0 bridgehead atoms. The molecule has 3 aromatic rings. The molecule has 2 aliphatic heterocycles. The highest BCUT2D eigenvalue weighted by atomic mass is 79.9. The molecule has 1 atom stereocenters. The molecular weight excluding hydrogens is 524 g/mol. The highest BCUT2D eigenvalue weighted by Crippen LogP contribution is 2.40. The fourth-order valence-electron chi connectivity index (χ4n) is 4.82. The van der Waals surface area contributed by atoms with Gasteiger partial charge in [-0.15, -0.1) is 0 Å². The van der Waals surface area contributed by atoms with E-state index in [9.17, 15) is 14.7 Å². The van der Waals surface area contributed by atoms with Gasteiger partial charge in [-0.3, -0.25) is 14.5 Å². The van der Waals surface area contributed by atoms with E-state index in [-0.39, 0.29) is 11.3 Å². The van der Waals surface area contributed by atoms with Crippen LogP contribution in [0.4, 0.5) is 0 Å². The monoisotopic (exact) mass is 550 g/mol. The Hall–Kier alpha value is -3.27. The van der Waals surface area contributed by atoms with Crippen molar-refractivity contribution in [3.05, 3.63) is 87.7 Å². The Morgan fingerprint density at radius 1 is 1.08 bits per heavy atom. The van der Waals surface area contributed by atoms with Gasteiger partial charge in [-0.1, -0.05) is 46.3 Å². The molecule has 0 spiro atoms. The fraction of sp³-hybridized carbons (Fsp3) is 0.296. The standard InChI is InChI=1S/C27H27BrN4O4/c1-18-22(17-29-32(18)21-8-3-2-4-9-21)25(33)23-24(19-6-5-7-20(28)16-19)31(27(35)26(23)34)11-10-30-12-14-36-15-13-30/h2-9,16-17,24,33H,10-15H2,1H3/b25-23+/t24-/m1/s1. The van der Waals surface area contributed by atoms with E-state index in [1.54, 1.807) is 9.58 Å². The van der Waals surface area contributed by atoms with Crippen LogP contribution in [-0.2, 0) is 14.3 Å². The van der Waals surface area contributed by atoms with E-state index < -0.39 is 17.7 Å². The maximum atomic E-state index is 13.4. The number of likely N-dealkylation sites (tertiary alicyclic amines) is 1. The van der Waals surface area contributed by atoms with Gasteiger partial charge in [0.1, 0.15) is 5.76 Å². The number of Topliss-reactive ketones (excluding diaryl/α,β-unsaturated/α-hetero) is 1. The lowest BCUT2D eigenvalue weighted by atomic mass is 9.95. The molecule has 2 aromatic carbocycles. The van der Waals surface area contributed by atoms with Crippen molar-refractivity contribution in [2.75, 3.05) is 39.4 Å². The number of rotatable bonds is 6. The summed E-state index contributed by atoms with van der Waals surface area (Å²) in [6.45, 7) is 5.67. The first kappa shape index (κ1) is 24.4. The number of carbonyl (C=O) groups excluding carboxylic acids is 2. The Morgan fingerprint density at radius 2 is 1.83 bits per heavy atom. The number of hydrogen-bond acceptors (Lipinski definition) is 6. The van der Waals surface area contributed by atoms with E-state index in [2.05, 4.69) is 25.9 Å². The summed E-state index contributed by atoms with van der Waals surface area (Å²) in [7, 11) is 0. The minimum Gasteiger partial charge on any atom is -0.507 e. The maximum absolute atomic E-state index is 13.4. The highest BCUT2D eigenvalue weighted by molar-refractivity contribution is 9.10. The summed E-state index contributed by atoms with van der Waals surface area (Å²) >= 11 is 3.50. The number of ether oxygens (including phenoxy) is 1. The summed E-state index contributed by atoms with van der Waals surface area (Å²) in [5.41, 5.74) is 2.76. The van der Waals surface area contributed by atoms with Crippen LogP contribution in [0.15, 0.2) is 70.8 Å². The number of nitrogens with zero attached hydrogens (tertiary/aromatic N) is 4. The number of ketones is 1. The zero-order chi connectivity index (χ0) is 25.2. The van der Waals surface area contributed by atoms with Crippen molar-refractivity contribution >= 4 is 33.4 Å². The van der Waals surface area contributed by atoms with Crippen molar-refractivity contribution in [1.82, 2.24) is 19.6 Å². The number of hydrogen-bond donors (Lipinski definition) is 1. The Morgan fingerprint density at radius 3 is 2.56 bits per heavy atom. The molecule has 0 unspecified atom stereocenters. The van der Waals surface area contributed by atoms with Crippen molar-refractivity contribution in [1.29, 1.82) is 0 Å². The van der Waals surface area contributed by atoms with Crippen molar-refractivity contribution in [2.24, 2.45) is 0 Å². The topological polar surface area (TPSA) is 87.9 Å². The van der Waals surface area contributed by atoms with Crippen LogP contribution in [0.5, 0.6) is 0 Å². The number of para-hydroxylation sites is 1. The lowest BCUT2D eigenvalue weighted by Gasteiger charge is -2.31. The zero-order valence-corrected chi connectivity index (χ0v) is 21.5. The molecule has 3 heterocycles. The minimum atomic E-state index is -0.706. The van der Waals surface area contributed by atoms with Gasteiger partial charge in [0.15, 0.2) is 0 Å². The van der Waals surface area contributed by atoms with E-state index >= 15 is 0 Å². The summed E-state index contributed by atoms with van der Waals surface area (Å²) in [6, 6.07) is 16.3. The predicted molar refractivity (Wildman–Crippen MR) is 139 cm³/mol. The van der Waals surface area contributed by atoms with Gasteiger partial charge in [-0.2, -0.15) is 5.10 Å². The number of morpholine rings is 1. The van der Waals surface area contributed by atoms with Crippen molar-refractivity contribution in [2.45, 2.75) is 13.0 Å². The van der Waals surface area contributed by atoms with Gasteiger partial charge in [0.05, 0.1) is 48.0 Å². The molecular formula is C27H27BrN4O4. The molecule has 0 aliphatic carbocycles. The molecule has 1 N–H and O–H groups in total. The Kier molecular flexibility index (Phi) is 7.04. The Balaban J connectivity index is 1.56. The largest absolute Gasteiger partial charge is 0.507 e. The average Bonchev–Trinajstić information content (AvgIpc) is 3.40. The van der Waals surface area contributed by atoms with Gasteiger partial charge in [-0.25, -0.2) is 4.68 Å². The average molecular weight is 551 g/mol. The maximum Gasteiger partial charge on any atom is 0.295 e. The zero-order valence-electron chi connectivity index (χ0n) is 19.9. The first-order valence-corrected chi connectivity index (χ1v) is 12.7. The van der Waals surface area contributed by atoms with Gasteiger partial charge in [-0.05, 0) is 36.8 Å². The fourth-order valence-corrected chi connectivity index (χ4v) is 5.24. The van der Waals surface area contributed by atoms with E-state index in [1.807, 2.05) is 61.5 Å². The second-order valence-electron chi connectivity index (χ2n) is 8.89. The van der Waals surface area contributed by atoms with Crippen LogP contribution < -0.4 is 0 Å². The van der Waals surface area contributed by atoms with Gasteiger partial charge in [0.25, 0.3) is 11.7 Å². The molecule has 0 saturated carbocycles. The highest BCUT2D eigenvalue weighted by Gasteiger charge is 2.46. The van der Waals surface area contributed by atoms with Gasteiger partial charge >= 0.3 is 0 Å². The van der Waals surface area contributed by atoms with Crippen LogP contribution >= 0.6 is 15.9 Å². The third-order valence-electron chi connectivity index (χ3n) is 6.73. The number of carbonyl (C=O) groups is 2. The molecule has 8 nitrogen and oxygen atoms in total. The van der Waals surface area contributed by atoms with E-state index in [0.29, 0.717) is 37.6 Å². The molecule has 0 radical (unpaired) electrons. The van der Waals surface area contributed by atoms with Crippen LogP contribution in [0, 0.1) is 6.92 Å². The molecule has 9 heteroatoms. The lowest BCUT2D eigenvalue weighted by Crippen LogP contribution is -2.42. The van der Waals surface area contributed by atoms with Gasteiger partial charge in [0.2, 0.25) is 0 Å². The molecule has 2 aliphatic rings. The summed E-state index contributed by atoms with van der Waals surface area (Å²) in [4.78, 5) is 30.4. The molecule has 1 amide bonds. The Labute approximate surface area is 217 Å². The van der Waals surface area contributed by atoms with Crippen LogP contribution in [0.2, 0.25) is 0 Å². The first-order chi connectivity index (χ1) is 17.5. The van der Waals surface area contributed by atoms with Gasteiger partial charge in [0, 0.05) is 30.7 Å². The molecule has 186 valence electrons. The normalized spacial score (nSPS) is 20.3. The number of halogens is 1. The second kappa shape index (κ2) is 10.4. The first-order valence-electron chi connectivity index (χ1n) is 11.9. The lowest BCUT2D eigenvalue weighted by molar-refractivity contribution is -0.140. The number of aromatic nitrogens is 2. The number of aliphatic hydroxyl groups is 1. The molecule has 1 aromatic heterocycles. The molecule has 36 heavy (non-hydrogen) atoms. The molecule has 2 fully saturated rings. The summed E-state index contributed by atoms with van der Waals surface area (Å²) < 4.78 is 7.96. The minimum absolute atomic E-state index is 0.0794. The van der Waals surface area contributed by atoms with Crippen LogP contribution in [0.1, 0.15) is 22.9 Å². The number of benzene rings is 2. The SMILES string of the molecule is Cc1c(/C(O)=C2\C(=O)C(=O)N(CCN3CCOCC3)[C@@H]2c2cccc(Br)c2)cnn1-c1ccccc1. The number of amides is 1. The van der Waals surface area contributed by atoms with Crippen molar-refractivity contribution < 1.29 is 19.4 Å². The van der Waals surface area contributed by atoms with Crippen LogP contribution in [0.25, 0.3) is 11.4 Å².